The molecule has 0 atom stereocenters. The lowest BCUT2D eigenvalue weighted by Gasteiger charge is -2.31. The third-order valence-corrected chi connectivity index (χ3v) is 8.24. The van der Waals surface area contributed by atoms with E-state index in [4.69, 9.17) is 23.7 Å². The van der Waals surface area contributed by atoms with E-state index < -0.39 is 0 Å². The van der Waals surface area contributed by atoms with Gasteiger partial charge < -0.3 is 23.7 Å². The molecule has 1 spiro atoms. The number of ether oxygens (including phenoxy) is 5. The number of rotatable bonds is 0. The van der Waals surface area contributed by atoms with E-state index in [-0.39, 0.29) is 5.41 Å². The largest absolute Gasteiger partial charge is 0.377 e. The van der Waals surface area contributed by atoms with Gasteiger partial charge in [0.15, 0.2) is 0 Å². The Morgan fingerprint density at radius 2 is 0.750 bits per heavy atom. The molecule has 3 aliphatic rings. The van der Waals surface area contributed by atoms with Crippen LogP contribution < -0.4 is 0 Å². The zero-order valence-corrected chi connectivity index (χ0v) is 22.7. The van der Waals surface area contributed by atoms with E-state index in [0.717, 1.165) is 0 Å². The first-order valence-electron chi connectivity index (χ1n) is 14.2. The van der Waals surface area contributed by atoms with Gasteiger partial charge in [-0.25, -0.2) is 0 Å². The molecule has 204 valence electrons. The minimum atomic E-state index is -0.382. The van der Waals surface area contributed by atoms with Crippen LogP contribution in [0.15, 0.2) is 84.9 Å². The Kier molecular flexibility index (Phi) is 7.23. The van der Waals surface area contributed by atoms with E-state index in [9.17, 15) is 0 Å². The van der Waals surface area contributed by atoms with Gasteiger partial charge in [-0.05, 0) is 55.6 Å². The van der Waals surface area contributed by atoms with Crippen LogP contribution >= 0.6 is 0 Å². The first kappa shape index (κ1) is 25.6. The summed E-state index contributed by atoms with van der Waals surface area (Å²) < 4.78 is 29.0. The molecule has 1 heterocycles. The van der Waals surface area contributed by atoms with Crippen LogP contribution in [0.3, 0.4) is 0 Å². The van der Waals surface area contributed by atoms with Crippen molar-refractivity contribution in [3.8, 4) is 22.3 Å². The van der Waals surface area contributed by atoms with Crippen molar-refractivity contribution >= 4 is 0 Å². The van der Waals surface area contributed by atoms with Gasteiger partial charge in [0.05, 0.1) is 71.5 Å². The molecular formula is C35H34O5. The molecule has 0 amide bonds. The molecule has 7 rings (SSSR count). The van der Waals surface area contributed by atoms with Crippen molar-refractivity contribution in [2.45, 2.75) is 18.6 Å². The highest BCUT2D eigenvalue weighted by molar-refractivity contribution is 5.95. The molecule has 0 aromatic heterocycles. The first-order valence-corrected chi connectivity index (χ1v) is 14.2. The number of hydrogen-bond acceptors (Lipinski definition) is 5. The van der Waals surface area contributed by atoms with Crippen molar-refractivity contribution < 1.29 is 23.7 Å². The molecule has 5 nitrogen and oxygen atoms in total. The van der Waals surface area contributed by atoms with Gasteiger partial charge in [-0.15, -0.1) is 0 Å². The van der Waals surface area contributed by atoms with Crippen LogP contribution in [0.1, 0.15) is 33.4 Å². The predicted molar refractivity (Wildman–Crippen MR) is 155 cm³/mol. The van der Waals surface area contributed by atoms with Crippen molar-refractivity contribution in [2.24, 2.45) is 0 Å². The van der Waals surface area contributed by atoms with E-state index in [0.29, 0.717) is 66.1 Å². The van der Waals surface area contributed by atoms with Gasteiger partial charge in [-0.2, -0.15) is 0 Å². The molecule has 5 heteroatoms. The van der Waals surface area contributed by atoms with Gasteiger partial charge in [0.25, 0.3) is 0 Å². The first-order chi connectivity index (χ1) is 19.9. The minimum absolute atomic E-state index is 0.382. The summed E-state index contributed by atoms with van der Waals surface area (Å²) in [6.07, 6.45) is 0. The number of fused-ring (bicyclic) bond motifs is 6. The smallest absolute Gasteiger partial charge is 0.0725 e. The molecular weight excluding hydrogens is 500 g/mol. The molecule has 2 aliphatic carbocycles. The van der Waals surface area contributed by atoms with Crippen molar-refractivity contribution in [3.63, 3.8) is 0 Å². The second-order valence-corrected chi connectivity index (χ2v) is 10.5. The number of hydrogen-bond donors (Lipinski definition) is 0. The van der Waals surface area contributed by atoms with Crippen LogP contribution in [-0.2, 0) is 42.3 Å². The van der Waals surface area contributed by atoms with Crippen LogP contribution in [0.4, 0.5) is 0 Å². The zero-order chi connectivity index (χ0) is 26.8. The van der Waals surface area contributed by atoms with E-state index in [1.165, 1.54) is 55.6 Å². The molecule has 1 aliphatic heterocycles. The predicted octanol–water partition coefficient (Wildman–Crippen LogP) is 6.13. The molecule has 0 saturated heterocycles. The molecule has 0 unspecified atom stereocenters. The summed E-state index contributed by atoms with van der Waals surface area (Å²) in [5, 5.41) is 0. The van der Waals surface area contributed by atoms with Gasteiger partial charge >= 0.3 is 0 Å². The molecule has 0 N–H and O–H groups in total. The fourth-order valence-electron chi connectivity index (χ4n) is 6.57. The Hall–Kier alpha value is -3.32. The fraction of sp³-hybridized carbons (Fsp3) is 0.314. The lowest BCUT2D eigenvalue weighted by molar-refractivity contribution is -0.0138. The van der Waals surface area contributed by atoms with Crippen LogP contribution in [0.25, 0.3) is 22.3 Å². The quantitative estimate of drug-likeness (QED) is 0.235. The monoisotopic (exact) mass is 534 g/mol. The molecule has 4 bridgehead atoms. The molecule has 4 aromatic carbocycles. The van der Waals surface area contributed by atoms with Gasteiger partial charge in [0, 0.05) is 0 Å². The molecule has 40 heavy (non-hydrogen) atoms. The zero-order valence-electron chi connectivity index (χ0n) is 22.7. The van der Waals surface area contributed by atoms with Crippen molar-refractivity contribution in [1.82, 2.24) is 0 Å². The highest BCUT2D eigenvalue weighted by Crippen LogP contribution is 2.62. The third-order valence-electron chi connectivity index (χ3n) is 8.24. The third kappa shape index (κ3) is 4.39. The average molecular weight is 535 g/mol. The molecule has 0 saturated carbocycles. The Bertz CT molecular complexity index is 1400. The lowest BCUT2D eigenvalue weighted by Crippen LogP contribution is -2.26. The normalized spacial score (nSPS) is 18.7. The maximum atomic E-state index is 6.05. The summed E-state index contributed by atoms with van der Waals surface area (Å²) in [7, 11) is 0. The van der Waals surface area contributed by atoms with E-state index >= 15 is 0 Å². The van der Waals surface area contributed by atoms with Crippen molar-refractivity contribution in [1.29, 1.82) is 0 Å². The SMILES string of the molecule is c1ccc2c(c1)-c1ccc3cc1C21c2ccccc2-c2ccc(cc21)COCCOCCOCCOCCOC3. The number of benzene rings is 4. The summed E-state index contributed by atoms with van der Waals surface area (Å²) >= 11 is 0. The fourth-order valence-corrected chi connectivity index (χ4v) is 6.57. The summed E-state index contributed by atoms with van der Waals surface area (Å²) in [5.41, 5.74) is 12.5. The second-order valence-electron chi connectivity index (χ2n) is 10.5. The van der Waals surface area contributed by atoms with Crippen LogP contribution in [0, 0.1) is 0 Å². The summed E-state index contributed by atoms with van der Waals surface area (Å²) in [6.45, 7) is 5.44. The van der Waals surface area contributed by atoms with Crippen LogP contribution in [0.2, 0.25) is 0 Å². The molecule has 0 fully saturated rings. The Labute approximate surface area is 235 Å². The van der Waals surface area contributed by atoms with Crippen molar-refractivity contribution in [3.05, 3.63) is 118 Å². The van der Waals surface area contributed by atoms with Gasteiger partial charge in [-0.1, -0.05) is 84.9 Å². The Balaban J connectivity index is 1.34. The van der Waals surface area contributed by atoms with E-state index in [1.54, 1.807) is 0 Å². The second kappa shape index (κ2) is 11.3. The topological polar surface area (TPSA) is 46.2 Å². The van der Waals surface area contributed by atoms with Gasteiger partial charge in [-0.3, -0.25) is 0 Å². The molecule has 4 aromatic rings. The minimum Gasteiger partial charge on any atom is -0.377 e. The lowest BCUT2D eigenvalue weighted by atomic mass is 9.70. The van der Waals surface area contributed by atoms with E-state index in [2.05, 4.69) is 84.9 Å². The standard InChI is InChI=1S/C35H34O5/c1-3-7-31-27(5-1)29-11-9-25-21-33(29)35(31)32-8-4-2-6-28(32)30-12-10-26(22-34(30)35)24-40-20-18-38-16-14-36-13-15-37-17-19-39-23-25/h1-12,21-22H,13-20,23-24H2. The highest BCUT2D eigenvalue weighted by atomic mass is 16.6. The van der Waals surface area contributed by atoms with E-state index in [1.807, 2.05) is 0 Å². The van der Waals surface area contributed by atoms with Crippen molar-refractivity contribution in [2.75, 3.05) is 52.9 Å². The summed E-state index contributed by atoms with van der Waals surface area (Å²) in [6, 6.07) is 31.5. The van der Waals surface area contributed by atoms with Crippen LogP contribution in [0.5, 0.6) is 0 Å². The average Bonchev–Trinajstić information content (AvgIpc) is 3.45. The maximum absolute atomic E-state index is 6.05. The van der Waals surface area contributed by atoms with Gasteiger partial charge in [0.1, 0.15) is 0 Å². The summed E-state index contributed by atoms with van der Waals surface area (Å²) in [5.74, 6) is 0. The highest BCUT2D eigenvalue weighted by Gasteiger charge is 2.51. The maximum Gasteiger partial charge on any atom is 0.0725 e. The van der Waals surface area contributed by atoms with Crippen LogP contribution in [-0.4, -0.2) is 52.9 Å². The molecule has 0 radical (unpaired) electrons. The Morgan fingerprint density at radius 3 is 1.20 bits per heavy atom. The Morgan fingerprint density at radius 1 is 0.375 bits per heavy atom. The van der Waals surface area contributed by atoms with Gasteiger partial charge in [0.2, 0.25) is 0 Å². The summed E-state index contributed by atoms with van der Waals surface area (Å²) in [4.78, 5) is 0.